The lowest BCUT2D eigenvalue weighted by Gasteiger charge is -2.29. The van der Waals surface area contributed by atoms with E-state index >= 15 is 0 Å². The van der Waals surface area contributed by atoms with Gasteiger partial charge in [-0.3, -0.25) is 9.59 Å². The van der Waals surface area contributed by atoms with Gasteiger partial charge in [-0.15, -0.1) is 0 Å². The SMILES string of the molecule is COC(=O)c1cnc(C(=O)NC2CCC(C(=O)N[C@H]3COC[C@@H]3OC)CC2)cn1. The zero-order valence-corrected chi connectivity index (χ0v) is 16.6. The van der Waals surface area contributed by atoms with Crippen LogP contribution in [0.3, 0.4) is 0 Å². The molecule has 2 N–H and O–H groups in total. The highest BCUT2D eigenvalue weighted by Crippen LogP contribution is 2.25. The number of hydrogen-bond acceptors (Lipinski definition) is 8. The summed E-state index contributed by atoms with van der Waals surface area (Å²) in [4.78, 5) is 44.1. The van der Waals surface area contributed by atoms with E-state index in [0.29, 0.717) is 38.9 Å². The fourth-order valence-electron chi connectivity index (χ4n) is 3.62. The number of ether oxygens (including phenoxy) is 3. The van der Waals surface area contributed by atoms with E-state index in [1.54, 1.807) is 7.11 Å². The zero-order valence-electron chi connectivity index (χ0n) is 16.6. The van der Waals surface area contributed by atoms with Crippen LogP contribution in [-0.2, 0) is 19.0 Å². The Balaban J connectivity index is 1.45. The number of nitrogens with one attached hydrogen (secondary N) is 2. The summed E-state index contributed by atoms with van der Waals surface area (Å²) in [6.45, 7) is 0.954. The average molecular weight is 406 g/mol. The van der Waals surface area contributed by atoms with Crippen molar-refractivity contribution in [1.82, 2.24) is 20.6 Å². The number of hydrogen-bond donors (Lipinski definition) is 2. The van der Waals surface area contributed by atoms with Crippen molar-refractivity contribution in [3.63, 3.8) is 0 Å². The van der Waals surface area contributed by atoms with E-state index in [2.05, 4.69) is 25.3 Å². The maximum Gasteiger partial charge on any atom is 0.358 e. The van der Waals surface area contributed by atoms with Crippen LogP contribution in [0.25, 0.3) is 0 Å². The fraction of sp³-hybridized carbons (Fsp3) is 0.632. The third-order valence-electron chi connectivity index (χ3n) is 5.37. The number of amides is 2. The first-order valence-electron chi connectivity index (χ1n) is 9.64. The highest BCUT2D eigenvalue weighted by molar-refractivity contribution is 5.93. The topological polar surface area (TPSA) is 129 Å². The van der Waals surface area contributed by atoms with Gasteiger partial charge in [-0.1, -0.05) is 0 Å². The molecule has 0 spiro atoms. The third-order valence-corrected chi connectivity index (χ3v) is 5.37. The Morgan fingerprint density at radius 3 is 2.31 bits per heavy atom. The highest BCUT2D eigenvalue weighted by atomic mass is 16.5. The molecule has 2 aliphatic rings. The van der Waals surface area contributed by atoms with Gasteiger partial charge in [0, 0.05) is 19.1 Å². The second-order valence-electron chi connectivity index (χ2n) is 7.23. The van der Waals surface area contributed by atoms with Crippen molar-refractivity contribution in [2.24, 2.45) is 5.92 Å². The molecule has 158 valence electrons. The quantitative estimate of drug-likeness (QED) is 0.636. The van der Waals surface area contributed by atoms with Crippen LogP contribution in [0, 0.1) is 5.92 Å². The van der Waals surface area contributed by atoms with Crippen LogP contribution in [0.1, 0.15) is 46.7 Å². The number of aromatic nitrogens is 2. The average Bonchev–Trinajstić information content (AvgIpc) is 3.20. The predicted octanol–water partition coefficient (Wildman–Crippen LogP) is 0.0818. The number of esters is 1. The van der Waals surface area contributed by atoms with Crippen molar-refractivity contribution >= 4 is 17.8 Å². The van der Waals surface area contributed by atoms with Crippen LogP contribution in [0.5, 0.6) is 0 Å². The Hall–Kier alpha value is -2.59. The van der Waals surface area contributed by atoms with Crippen molar-refractivity contribution in [2.75, 3.05) is 27.4 Å². The van der Waals surface area contributed by atoms with Crippen molar-refractivity contribution in [2.45, 2.75) is 43.9 Å². The molecule has 0 radical (unpaired) electrons. The van der Waals surface area contributed by atoms with Crippen molar-refractivity contribution in [1.29, 1.82) is 0 Å². The Kier molecular flexibility index (Phi) is 7.10. The molecule has 1 saturated carbocycles. The Labute approximate surface area is 168 Å². The molecule has 2 fully saturated rings. The first kappa shape index (κ1) is 21.1. The summed E-state index contributed by atoms with van der Waals surface area (Å²) in [5, 5.41) is 5.94. The van der Waals surface area contributed by atoms with E-state index in [4.69, 9.17) is 9.47 Å². The lowest BCUT2D eigenvalue weighted by atomic mass is 9.85. The molecule has 1 aliphatic carbocycles. The molecule has 1 aromatic rings. The number of carbonyl (C=O) groups is 3. The first-order chi connectivity index (χ1) is 14.0. The van der Waals surface area contributed by atoms with Crippen LogP contribution in [0.4, 0.5) is 0 Å². The number of nitrogens with zero attached hydrogens (tertiary/aromatic N) is 2. The van der Waals surface area contributed by atoms with Crippen LogP contribution in [0.2, 0.25) is 0 Å². The number of rotatable bonds is 6. The van der Waals surface area contributed by atoms with Crippen LogP contribution >= 0.6 is 0 Å². The van der Waals surface area contributed by atoms with Gasteiger partial charge in [0.05, 0.1) is 38.8 Å². The third kappa shape index (κ3) is 5.27. The summed E-state index contributed by atoms with van der Waals surface area (Å²) in [6.07, 6.45) is 5.13. The molecule has 10 heteroatoms. The molecule has 0 bridgehead atoms. The fourth-order valence-corrected chi connectivity index (χ4v) is 3.62. The van der Waals surface area contributed by atoms with E-state index in [9.17, 15) is 14.4 Å². The van der Waals surface area contributed by atoms with Gasteiger partial charge in [-0.2, -0.15) is 0 Å². The van der Waals surface area contributed by atoms with Crippen LogP contribution in [0.15, 0.2) is 12.4 Å². The van der Waals surface area contributed by atoms with Gasteiger partial charge < -0.3 is 24.8 Å². The summed E-state index contributed by atoms with van der Waals surface area (Å²) >= 11 is 0. The molecule has 2 amide bonds. The van der Waals surface area contributed by atoms with E-state index in [1.165, 1.54) is 19.5 Å². The minimum absolute atomic E-state index is 0.0107. The smallest absolute Gasteiger partial charge is 0.358 e. The molecular formula is C19H26N4O6. The Morgan fingerprint density at radius 1 is 1.00 bits per heavy atom. The second-order valence-corrected chi connectivity index (χ2v) is 7.23. The van der Waals surface area contributed by atoms with Crippen molar-refractivity contribution < 1.29 is 28.6 Å². The van der Waals surface area contributed by atoms with Gasteiger partial charge in [-0.05, 0) is 25.7 Å². The van der Waals surface area contributed by atoms with Gasteiger partial charge in [0.25, 0.3) is 5.91 Å². The van der Waals surface area contributed by atoms with Gasteiger partial charge in [0.1, 0.15) is 11.8 Å². The van der Waals surface area contributed by atoms with E-state index in [1.807, 2.05) is 0 Å². The van der Waals surface area contributed by atoms with Gasteiger partial charge in [0.2, 0.25) is 5.91 Å². The zero-order chi connectivity index (χ0) is 20.8. The summed E-state index contributed by atoms with van der Waals surface area (Å²) in [5.74, 6) is -1.04. The van der Waals surface area contributed by atoms with Crippen molar-refractivity contribution in [3.8, 4) is 0 Å². The summed E-state index contributed by atoms with van der Waals surface area (Å²) in [6, 6.07) is -0.147. The molecule has 0 unspecified atom stereocenters. The van der Waals surface area contributed by atoms with Gasteiger partial charge in [0.15, 0.2) is 5.69 Å². The minimum atomic E-state index is -0.609. The number of methoxy groups -OCH3 is 2. The van der Waals surface area contributed by atoms with Crippen LogP contribution in [-0.4, -0.2) is 73.4 Å². The largest absolute Gasteiger partial charge is 0.464 e. The molecule has 3 rings (SSSR count). The normalized spacial score (nSPS) is 26.6. The summed E-state index contributed by atoms with van der Waals surface area (Å²) in [7, 11) is 2.86. The van der Waals surface area contributed by atoms with Crippen molar-refractivity contribution in [3.05, 3.63) is 23.8 Å². The molecule has 1 aliphatic heterocycles. The maximum atomic E-state index is 12.5. The van der Waals surface area contributed by atoms with Gasteiger partial charge in [-0.25, -0.2) is 14.8 Å². The number of carbonyl (C=O) groups excluding carboxylic acids is 3. The second kappa shape index (κ2) is 9.75. The molecule has 1 saturated heterocycles. The maximum absolute atomic E-state index is 12.5. The highest BCUT2D eigenvalue weighted by Gasteiger charge is 2.33. The molecule has 1 aromatic heterocycles. The Morgan fingerprint density at radius 2 is 1.69 bits per heavy atom. The molecule has 2 heterocycles. The van der Waals surface area contributed by atoms with E-state index < -0.39 is 5.97 Å². The molecular weight excluding hydrogens is 380 g/mol. The Bertz CT molecular complexity index is 733. The van der Waals surface area contributed by atoms with Crippen LogP contribution < -0.4 is 10.6 Å². The van der Waals surface area contributed by atoms with E-state index in [0.717, 1.165) is 0 Å². The summed E-state index contributed by atoms with van der Waals surface area (Å²) < 4.78 is 15.2. The minimum Gasteiger partial charge on any atom is -0.464 e. The summed E-state index contributed by atoms with van der Waals surface area (Å²) in [5.41, 5.74) is 0.170. The lowest BCUT2D eigenvalue weighted by Crippen LogP contribution is -2.47. The van der Waals surface area contributed by atoms with E-state index in [-0.39, 0.29) is 47.3 Å². The monoisotopic (exact) mass is 406 g/mol. The standard InChI is InChI=1S/C19H26N4O6/c1-27-16-10-29-9-15(16)23-17(24)11-3-5-12(6-4-11)22-18(25)13-7-21-14(8-20-13)19(26)28-2/h7-8,11-12,15-16H,3-6,9-10H2,1-2H3,(H,22,25)(H,23,24)/t11?,12?,15-,16-/m0/s1. The van der Waals surface area contributed by atoms with Gasteiger partial charge >= 0.3 is 5.97 Å². The first-order valence-corrected chi connectivity index (χ1v) is 9.64. The molecule has 2 atom stereocenters. The molecule has 29 heavy (non-hydrogen) atoms. The molecule has 10 nitrogen and oxygen atoms in total. The molecule has 0 aromatic carbocycles. The predicted molar refractivity (Wildman–Crippen MR) is 100 cm³/mol. The lowest BCUT2D eigenvalue weighted by molar-refractivity contribution is -0.127.